The number of anilines is 3. The van der Waals surface area contributed by atoms with Crippen LogP contribution >= 0.6 is 0 Å². The van der Waals surface area contributed by atoms with E-state index in [1.165, 1.54) is 13.3 Å². The number of hydrogen-bond donors (Lipinski definition) is 2. The molecule has 3 rings (SSSR count). The number of nitrogens with zero attached hydrogens (tertiary/aromatic N) is 3. The first kappa shape index (κ1) is 18.8. The average molecular weight is 367 g/mol. The highest BCUT2D eigenvalue weighted by molar-refractivity contribution is 6.04. The monoisotopic (exact) mass is 367 g/mol. The van der Waals surface area contributed by atoms with Crippen LogP contribution in [0.15, 0.2) is 36.7 Å². The van der Waals surface area contributed by atoms with Crippen molar-refractivity contribution in [3.63, 3.8) is 0 Å². The minimum atomic E-state index is -0.285. The van der Waals surface area contributed by atoms with Crippen molar-refractivity contribution >= 4 is 29.1 Å². The van der Waals surface area contributed by atoms with Gasteiger partial charge in [-0.1, -0.05) is 13.0 Å². The van der Waals surface area contributed by atoms with E-state index < -0.39 is 0 Å². The van der Waals surface area contributed by atoms with Gasteiger partial charge in [-0.25, -0.2) is 9.97 Å². The van der Waals surface area contributed by atoms with Gasteiger partial charge in [0.1, 0.15) is 0 Å². The fourth-order valence-electron chi connectivity index (χ4n) is 3.36. The van der Waals surface area contributed by atoms with E-state index in [1.54, 1.807) is 36.7 Å². The normalized spacial score (nSPS) is 16.7. The third-order valence-corrected chi connectivity index (χ3v) is 4.70. The maximum absolute atomic E-state index is 12.5. The van der Waals surface area contributed by atoms with E-state index >= 15 is 0 Å². The highest BCUT2D eigenvalue weighted by atomic mass is 16.2. The van der Waals surface area contributed by atoms with Crippen LogP contribution in [-0.2, 0) is 4.79 Å². The summed E-state index contributed by atoms with van der Waals surface area (Å²) in [7, 11) is 0. The smallest absolute Gasteiger partial charge is 0.258 e. The molecule has 0 aliphatic carbocycles. The van der Waals surface area contributed by atoms with Gasteiger partial charge in [-0.15, -0.1) is 0 Å². The molecule has 0 radical (unpaired) electrons. The molecule has 1 fully saturated rings. The molecule has 2 heterocycles. The molecule has 2 N–H and O–H groups in total. The second kappa shape index (κ2) is 8.62. The van der Waals surface area contributed by atoms with Crippen molar-refractivity contribution in [2.45, 2.75) is 45.6 Å². The Labute approximate surface area is 159 Å². The van der Waals surface area contributed by atoms with Crippen LogP contribution in [0.25, 0.3) is 0 Å². The van der Waals surface area contributed by atoms with Gasteiger partial charge in [0, 0.05) is 43.3 Å². The van der Waals surface area contributed by atoms with Crippen LogP contribution in [-0.4, -0.2) is 34.4 Å². The standard InChI is InChI=1S/C20H25N5O2/c1-3-18-9-4-5-10-25(18)20-21-12-15(13-22-20)19(27)24-17-8-6-7-16(11-17)23-14(2)26/h6-8,11-13,18H,3-5,9-10H2,1-2H3,(H,23,26)(H,24,27). The number of carbonyl (C=O) groups excluding carboxylic acids is 2. The van der Waals surface area contributed by atoms with Gasteiger partial charge in [-0.3, -0.25) is 9.59 Å². The molecule has 1 saturated heterocycles. The van der Waals surface area contributed by atoms with Crippen molar-refractivity contribution in [1.82, 2.24) is 9.97 Å². The van der Waals surface area contributed by atoms with Crippen LogP contribution in [0.5, 0.6) is 0 Å². The Hall–Kier alpha value is -2.96. The Kier molecular flexibility index (Phi) is 6.01. The van der Waals surface area contributed by atoms with E-state index in [-0.39, 0.29) is 11.8 Å². The van der Waals surface area contributed by atoms with Crippen molar-refractivity contribution < 1.29 is 9.59 Å². The van der Waals surface area contributed by atoms with E-state index in [9.17, 15) is 9.59 Å². The molecule has 142 valence electrons. The molecule has 1 unspecified atom stereocenters. The molecule has 0 saturated carbocycles. The zero-order valence-corrected chi connectivity index (χ0v) is 15.7. The Balaban J connectivity index is 1.68. The molecule has 27 heavy (non-hydrogen) atoms. The number of carbonyl (C=O) groups is 2. The van der Waals surface area contributed by atoms with Crippen LogP contribution in [0.3, 0.4) is 0 Å². The summed E-state index contributed by atoms with van der Waals surface area (Å²) in [5.41, 5.74) is 1.62. The summed E-state index contributed by atoms with van der Waals surface area (Å²) in [5.74, 6) is 0.239. The molecule has 7 heteroatoms. The lowest BCUT2D eigenvalue weighted by Crippen LogP contribution is -2.40. The number of benzene rings is 1. The van der Waals surface area contributed by atoms with Gasteiger partial charge in [0.15, 0.2) is 0 Å². The molecule has 1 aromatic heterocycles. The Bertz CT molecular complexity index is 806. The Morgan fingerprint density at radius 2 is 1.85 bits per heavy atom. The lowest BCUT2D eigenvalue weighted by atomic mass is 10.0. The first-order chi connectivity index (χ1) is 13.1. The van der Waals surface area contributed by atoms with Crippen LogP contribution in [0, 0.1) is 0 Å². The summed E-state index contributed by atoms with van der Waals surface area (Å²) in [5, 5.41) is 5.50. The van der Waals surface area contributed by atoms with Gasteiger partial charge in [-0.05, 0) is 43.9 Å². The maximum Gasteiger partial charge on any atom is 0.258 e. The quantitative estimate of drug-likeness (QED) is 0.845. The van der Waals surface area contributed by atoms with E-state index in [2.05, 4.69) is 32.4 Å². The number of hydrogen-bond acceptors (Lipinski definition) is 5. The van der Waals surface area contributed by atoms with Crippen molar-refractivity contribution in [1.29, 1.82) is 0 Å². The molecule has 1 aliphatic heterocycles. The molecule has 2 amide bonds. The molecule has 1 atom stereocenters. The lowest BCUT2D eigenvalue weighted by Gasteiger charge is -2.35. The highest BCUT2D eigenvalue weighted by Crippen LogP contribution is 2.23. The van der Waals surface area contributed by atoms with Crippen molar-refractivity contribution in [3.8, 4) is 0 Å². The van der Waals surface area contributed by atoms with Gasteiger partial charge >= 0.3 is 0 Å². The molecule has 0 spiro atoms. The van der Waals surface area contributed by atoms with Gasteiger partial charge < -0.3 is 15.5 Å². The summed E-state index contributed by atoms with van der Waals surface area (Å²) < 4.78 is 0. The summed E-state index contributed by atoms with van der Waals surface area (Å²) in [6.45, 7) is 4.58. The third kappa shape index (κ3) is 4.81. The molecule has 2 aromatic rings. The second-order valence-electron chi connectivity index (χ2n) is 6.74. The van der Waals surface area contributed by atoms with Gasteiger partial charge in [0.2, 0.25) is 11.9 Å². The summed E-state index contributed by atoms with van der Waals surface area (Å²) in [4.78, 5) is 34.7. The lowest BCUT2D eigenvalue weighted by molar-refractivity contribution is -0.114. The number of amides is 2. The SMILES string of the molecule is CCC1CCCCN1c1ncc(C(=O)Nc2cccc(NC(C)=O)c2)cn1. The summed E-state index contributed by atoms with van der Waals surface area (Å²) in [6, 6.07) is 7.46. The van der Waals surface area contributed by atoms with Crippen LogP contribution in [0.1, 0.15) is 49.9 Å². The zero-order chi connectivity index (χ0) is 19.2. The highest BCUT2D eigenvalue weighted by Gasteiger charge is 2.23. The number of aromatic nitrogens is 2. The van der Waals surface area contributed by atoms with Gasteiger partial charge in [0.25, 0.3) is 5.91 Å². The average Bonchev–Trinajstić information content (AvgIpc) is 2.68. The molecule has 1 aliphatic rings. The predicted molar refractivity (Wildman–Crippen MR) is 106 cm³/mol. The minimum absolute atomic E-state index is 0.162. The number of rotatable bonds is 5. The van der Waals surface area contributed by atoms with E-state index in [4.69, 9.17) is 0 Å². The molecular weight excluding hydrogens is 342 g/mol. The fraction of sp³-hybridized carbons (Fsp3) is 0.400. The molecule has 0 bridgehead atoms. The Morgan fingerprint density at radius 3 is 2.52 bits per heavy atom. The number of nitrogens with one attached hydrogen (secondary N) is 2. The van der Waals surface area contributed by atoms with Crippen molar-refractivity contribution in [3.05, 3.63) is 42.2 Å². The predicted octanol–water partition coefficient (Wildman–Crippen LogP) is 3.46. The van der Waals surface area contributed by atoms with E-state index in [0.717, 1.165) is 25.8 Å². The third-order valence-electron chi connectivity index (χ3n) is 4.70. The number of piperidine rings is 1. The second-order valence-corrected chi connectivity index (χ2v) is 6.74. The molecular formula is C20H25N5O2. The summed E-state index contributed by atoms with van der Waals surface area (Å²) in [6.07, 6.45) is 7.75. The molecule has 1 aromatic carbocycles. The molecule has 7 nitrogen and oxygen atoms in total. The minimum Gasteiger partial charge on any atom is -0.338 e. The fourth-order valence-corrected chi connectivity index (χ4v) is 3.36. The van der Waals surface area contributed by atoms with Crippen LogP contribution in [0.4, 0.5) is 17.3 Å². The Morgan fingerprint density at radius 1 is 1.15 bits per heavy atom. The van der Waals surface area contributed by atoms with Crippen molar-refractivity contribution in [2.75, 3.05) is 22.1 Å². The maximum atomic E-state index is 12.5. The topological polar surface area (TPSA) is 87.2 Å². The van der Waals surface area contributed by atoms with Crippen LogP contribution < -0.4 is 15.5 Å². The zero-order valence-electron chi connectivity index (χ0n) is 15.7. The first-order valence-electron chi connectivity index (χ1n) is 9.34. The first-order valence-corrected chi connectivity index (χ1v) is 9.34. The van der Waals surface area contributed by atoms with E-state index in [0.29, 0.717) is 28.9 Å². The largest absolute Gasteiger partial charge is 0.338 e. The summed E-state index contributed by atoms with van der Waals surface area (Å²) >= 11 is 0. The van der Waals surface area contributed by atoms with E-state index in [1.807, 2.05) is 0 Å². The van der Waals surface area contributed by atoms with Gasteiger partial charge in [0.05, 0.1) is 5.56 Å². The van der Waals surface area contributed by atoms with Gasteiger partial charge in [-0.2, -0.15) is 0 Å². The van der Waals surface area contributed by atoms with Crippen LogP contribution in [0.2, 0.25) is 0 Å². The van der Waals surface area contributed by atoms with Crippen molar-refractivity contribution in [2.24, 2.45) is 0 Å².